The number of ether oxygens (including phenoxy) is 2. The van der Waals surface area contributed by atoms with Crippen molar-refractivity contribution < 1.29 is 18.7 Å². The average Bonchev–Trinajstić information content (AvgIpc) is 2.90. The lowest BCUT2D eigenvalue weighted by Crippen LogP contribution is -2.21. The van der Waals surface area contributed by atoms with Crippen LogP contribution in [-0.4, -0.2) is 17.1 Å². The van der Waals surface area contributed by atoms with E-state index in [1.165, 1.54) is 18.3 Å². The predicted octanol–water partition coefficient (Wildman–Crippen LogP) is 6.10. The highest BCUT2D eigenvalue weighted by Crippen LogP contribution is 2.24. The lowest BCUT2D eigenvalue weighted by atomic mass is 10.1. The monoisotopic (exact) mass is 481 g/mol. The molecule has 0 amide bonds. The van der Waals surface area contributed by atoms with E-state index in [1.807, 2.05) is 30.3 Å². The predicted molar refractivity (Wildman–Crippen MR) is 138 cm³/mol. The second-order valence-electron chi connectivity index (χ2n) is 8.45. The third-order valence-corrected chi connectivity index (χ3v) is 6.09. The largest absolute Gasteiger partial charge is 0.489 e. The summed E-state index contributed by atoms with van der Waals surface area (Å²) in [5.41, 5.74) is 2.01. The summed E-state index contributed by atoms with van der Waals surface area (Å²) in [4.78, 5) is 25.8. The molecule has 4 aromatic carbocycles. The van der Waals surface area contributed by atoms with Gasteiger partial charge in [-0.25, -0.2) is 9.18 Å². The number of carbonyl (C=O) groups is 1. The van der Waals surface area contributed by atoms with Gasteiger partial charge in [0.15, 0.2) is 0 Å². The number of benzene rings is 4. The van der Waals surface area contributed by atoms with Gasteiger partial charge in [0.25, 0.3) is 0 Å². The van der Waals surface area contributed by atoms with E-state index in [0.717, 1.165) is 21.9 Å². The van der Waals surface area contributed by atoms with Crippen LogP contribution in [0.15, 0.2) is 95.9 Å². The van der Waals surface area contributed by atoms with Crippen molar-refractivity contribution in [2.45, 2.75) is 20.1 Å². The number of rotatable bonds is 7. The van der Waals surface area contributed by atoms with Gasteiger partial charge in [-0.05, 0) is 59.2 Å². The van der Waals surface area contributed by atoms with Crippen LogP contribution in [0, 0.1) is 5.82 Å². The lowest BCUT2D eigenvalue weighted by Gasteiger charge is -2.15. The topological polar surface area (TPSA) is 57.5 Å². The Morgan fingerprint density at radius 1 is 0.917 bits per heavy atom. The van der Waals surface area contributed by atoms with E-state index in [2.05, 4.69) is 12.1 Å². The molecule has 0 fully saturated rings. The number of aromatic nitrogens is 1. The standard InChI is InChI=1S/C30H24FNO4/c1-2-35-30(34)27-18-32(17-20-10-12-23(31)13-11-20)28-15-14-24(16-26(28)29(27)33)36-19-22-8-5-7-21-6-3-4-9-25(21)22/h3-16,18H,2,17,19H2,1H3. The molecule has 0 aliphatic rings. The molecule has 0 bridgehead atoms. The minimum absolute atomic E-state index is 0.0577. The number of nitrogens with zero attached hydrogens (tertiary/aromatic N) is 1. The van der Waals surface area contributed by atoms with Crippen molar-refractivity contribution in [2.24, 2.45) is 0 Å². The van der Waals surface area contributed by atoms with Gasteiger partial charge in [0, 0.05) is 12.7 Å². The van der Waals surface area contributed by atoms with Crippen molar-refractivity contribution in [3.8, 4) is 5.75 Å². The molecule has 0 radical (unpaired) electrons. The second kappa shape index (κ2) is 10.0. The fourth-order valence-corrected chi connectivity index (χ4v) is 4.32. The number of fused-ring (bicyclic) bond motifs is 2. The summed E-state index contributed by atoms with van der Waals surface area (Å²) in [5.74, 6) is -0.495. The quantitative estimate of drug-likeness (QED) is 0.264. The SMILES string of the molecule is CCOC(=O)c1cn(Cc2ccc(F)cc2)c2ccc(OCc3cccc4ccccc34)cc2c1=O. The molecule has 5 nitrogen and oxygen atoms in total. The molecule has 0 N–H and O–H groups in total. The summed E-state index contributed by atoms with van der Waals surface area (Å²) in [5, 5.41) is 2.57. The minimum Gasteiger partial charge on any atom is -0.489 e. The van der Waals surface area contributed by atoms with Crippen LogP contribution in [0.3, 0.4) is 0 Å². The van der Waals surface area contributed by atoms with Gasteiger partial charge in [0.05, 0.1) is 17.5 Å². The molecular formula is C30H24FNO4. The fraction of sp³-hybridized carbons (Fsp3) is 0.133. The van der Waals surface area contributed by atoms with E-state index in [9.17, 15) is 14.0 Å². The van der Waals surface area contributed by atoms with Crippen molar-refractivity contribution in [1.82, 2.24) is 4.57 Å². The number of carbonyl (C=O) groups excluding carboxylic acids is 1. The van der Waals surface area contributed by atoms with Gasteiger partial charge in [-0.15, -0.1) is 0 Å². The van der Waals surface area contributed by atoms with Crippen LogP contribution in [-0.2, 0) is 17.9 Å². The molecule has 0 aliphatic carbocycles. The zero-order valence-corrected chi connectivity index (χ0v) is 19.7. The highest BCUT2D eigenvalue weighted by molar-refractivity contribution is 5.94. The molecule has 0 aliphatic heterocycles. The molecule has 0 saturated heterocycles. The van der Waals surface area contributed by atoms with Gasteiger partial charge < -0.3 is 14.0 Å². The van der Waals surface area contributed by atoms with E-state index < -0.39 is 11.4 Å². The maximum atomic E-state index is 13.4. The summed E-state index contributed by atoms with van der Waals surface area (Å²) in [6, 6.07) is 25.5. The smallest absolute Gasteiger partial charge is 0.343 e. The number of hydrogen-bond acceptors (Lipinski definition) is 4. The van der Waals surface area contributed by atoms with Crippen LogP contribution >= 0.6 is 0 Å². The molecule has 1 aromatic heterocycles. The van der Waals surface area contributed by atoms with Crippen LogP contribution in [0.5, 0.6) is 5.75 Å². The summed E-state index contributed by atoms with van der Waals surface area (Å²) in [7, 11) is 0. The van der Waals surface area contributed by atoms with Gasteiger partial charge in [-0.1, -0.05) is 54.6 Å². The molecule has 5 aromatic rings. The molecule has 5 rings (SSSR count). The molecular weight excluding hydrogens is 457 g/mol. The number of halogens is 1. The summed E-state index contributed by atoms with van der Waals surface area (Å²) in [6.07, 6.45) is 1.50. The summed E-state index contributed by atoms with van der Waals surface area (Å²) < 4.78 is 26.4. The Morgan fingerprint density at radius 3 is 2.50 bits per heavy atom. The van der Waals surface area contributed by atoms with Crippen LogP contribution in [0.25, 0.3) is 21.7 Å². The first-order valence-corrected chi connectivity index (χ1v) is 11.7. The molecule has 0 atom stereocenters. The van der Waals surface area contributed by atoms with Gasteiger partial charge in [-0.2, -0.15) is 0 Å². The second-order valence-corrected chi connectivity index (χ2v) is 8.45. The first-order chi connectivity index (χ1) is 17.5. The number of pyridine rings is 1. The highest BCUT2D eigenvalue weighted by atomic mass is 19.1. The minimum atomic E-state index is -0.681. The molecule has 36 heavy (non-hydrogen) atoms. The molecule has 0 unspecified atom stereocenters. The van der Waals surface area contributed by atoms with Crippen molar-refractivity contribution in [3.05, 3.63) is 124 Å². The first-order valence-electron chi connectivity index (χ1n) is 11.7. The molecule has 0 spiro atoms. The molecule has 6 heteroatoms. The van der Waals surface area contributed by atoms with Crippen LogP contribution < -0.4 is 10.2 Å². The third-order valence-electron chi connectivity index (χ3n) is 6.09. The Morgan fingerprint density at radius 2 is 1.69 bits per heavy atom. The van der Waals surface area contributed by atoms with Crippen molar-refractivity contribution in [3.63, 3.8) is 0 Å². The van der Waals surface area contributed by atoms with Crippen LogP contribution in [0.2, 0.25) is 0 Å². The van der Waals surface area contributed by atoms with E-state index in [1.54, 1.807) is 41.8 Å². The van der Waals surface area contributed by atoms with Crippen molar-refractivity contribution >= 4 is 27.6 Å². The highest BCUT2D eigenvalue weighted by Gasteiger charge is 2.17. The maximum Gasteiger partial charge on any atom is 0.343 e. The molecule has 180 valence electrons. The first kappa shape index (κ1) is 23.3. The lowest BCUT2D eigenvalue weighted by molar-refractivity contribution is 0.0524. The Labute approximate surface area is 207 Å². The van der Waals surface area contributed by atoms with E-state index in [4.69, 9.17) is 9.47 Å². The van der Waals surface area contributed by atoms with Crippen LogP contribution in [0.1, 0.15) is 28.4 Å². The zero-order chi connectivity index (χ0) is 25.1. The van der Waals surface area contributed by atoms with Crippen molar-refractivity contribution in [1.29, 1.82) is 0 Å². The van der Waals surface area contributed by atoms with Gasteiger partial charge in [0.1, 0.15) is 23.7 Å². The van der Waals surface area contributed by atoms with Crippen LogP contribution in [0.4, 0.5) is 4.39 Å². The normalized spacial score (nSPS) is 11.1. The van der Waals surface area contributed by atoms with Gasteiger partial charge >= 0.3 is 5.97 Å². The Hall–Kier alpha value is -4.45. The molecule has 0 saturated carbocycles. The van der Waals surface area contributed by atoms with Gasteiger partial charge in [0.2, 0.25) is 5.43 Å². The Kier molecular flexibility index (Phi) is 6.50. The fourth-order valence-electron chi connectivity index (χ4n) is 4.32. The van der Waals surface area contributed by atoms with E-state index in [-0.39, 0.29) is 18.0 Å². The molecule has 1 heterocycles. The van der Waals surface area contributed by atoms with Gasteiger partial charge in [-0.3, -0.25) is 4.79 Å². The summed E-state index contributed by atoms with van der Waals surface area (Å²) >= 11 is 0. The average molecular weight is 482 g/mol. The van der Waals surface area contributed by atoms with E-state index >= 15 is 0 Å². The Balaban J connectivity index is 1.53. The number of esters is 1. The number of hydrogen-bond donors (Lipinski definition) is 0. The Bertz CT molecular complexity index is 1620. The maximum absolute atomic E-state index is 13.4. The van der Waals surface area contributed by atoms with E-state index in [0.29, 0.717) is 29.8 Å². The summed E-state index contributed by atoms with van der Waals surface area (Å²) in [6.45, 7) is 2.52. The van der Waals surface area contributed by atoms with Crippen molar-refractivity contribution in [2.75, 3.05) is 6.61 Å². The third kappa shape index (κ3) is 4.70. The zero-order valence-electron chi connectivity index (χ0n) is 19.7.